The van der Waals surface area contributed by atoms with Gasteiger partial charge in [0.05, 0.1) is 11.6 Å². The first-order valence-corrected chi connectivity index (χ1v) is 6.24. The number of nitrogens with zero attached hydrogens (tertiary/aromatic N) is 1. The number of nitriles is 1. The van der Waals surface area contributed by atoms with Crippen LogP contribution in [0.25, 0.3) is 0 Å². The van der Waals surface area contributed by atoms with Crippen LogP contribution >= 0.6 is 0 Å². The van der Waals surface area contributed by atoms with Crippen LogP contribution in [0.4, 0.5) is 13.2 Å². The Morgan fingerprint density at radius 1 is 1.41 bits per heavy atom. The number of rotatable bonds is 5. The number of aliphatic carboxylic acids is 1. The summed E-state index contributed by atoms with van der Waals surface area (Å²) in [4.78, 5) is 23.0. The fraction of sp³-hybridized carbons (Fsp3) is 0.357. The molecular weight excluding hydrogens is 301 g/mol. The monoisotopic (exact) mass is 314 g/mol. The van der Waals surface area contributed by atoms with E-state index in [2.05, 4.69) is 5.32 Å². The SMILES string of the molecule is C[C@@H](CC#N)[C@H](NC(=O)c1cccc(C(F)(F)F)c1)C(=O)O. The lowest BCUT2D eigenvalue weighted by Crippen LogP contribution is -2.45. The lowest BCUT2D eigenvalue weighted by Gasteiger charge is -2.19. The number of carboxylic acid groups (broad SMARTS) is 1. The minimum atomic E-state index is -4.60. The number of benzene rings is 1. The molecule has 118 valence electrons. The van der Waals surface area contributed by atoms with Crippen molar-refractivity contribution in [2.24, 2.45) is 5.92 Å². The van der Waals surface area contributed by atoms with Gasteiger partial charge in [-0.1, -0.05) is 13.0 Å². The summed E-state index contributed by atoms with van der Waals surface area (Å²) in [6.07, 6.45) is -4.71. The summed E-state index contributed by atoms with van der Waals surface area (Å²) >= 11 is 0. The van der Waals surface area contributed by atoms with Crippen LogP contribution in [0.5, 0.6) is 0 Å². The predicted molar refractivity (Wildman–Crippen MR) is 69.7 cm³/mol. The largest absolute Gasteiger partial charge is 0.480 e. The number of nitrogens with one attached hydrogen (secondary N) is 1. The topological polar surface area (TPSA) is 90.2 Å². The summed E-state index contributed by atoms with van der Waals surface area (Å²) in [6.45, 7) is 1.45. The zero-order valence-electron chi connectivity index (χ0n) is 11.5. The van der Waals surface area contributed by atoms with E-state index in [0.29, 0.717) is 6.07 Å². The van der Waals surface area contributed by atoms with Crippen molar-refractivity contribution in [3.8, 4) is 6.07 Å². The maximum Gasteiger partial charge on any atom is 0.416 e. The molecule has 0 aliphatic rings. The van der Waals surface area contributed by atoms with E-state index in [9.17, 15) is 22.8 Å². The molecule has 1 aromatic carbocycles. The molecule has 0 saturated carbocycles. The summed E-state index contributed by atoms with van der Waals surface area (Å²) in [5, 5.41) is 19.7. The van der Waals surface area contributed by atoms with Gasteiger partial charge < -0.3 is 10.4 Å². The van der Waals surface area contributed by atoms with E-state index < -0.39 is 35.6 Å². The van der Waals surface area contributed by atoms with E-state index in [1.807, 2.05) is 0 Å². The Morgan fingerprint density at radius 2 is 2.05 bits per heavy atom. The second kappa shape index (κ2) is 6.93. The van der Waals surface area contributed by atoms with Gasteiger partial charge in [0, 0.05) is 17.9 Å². The number of alkyl halides is 3. The molecule has 0 fully saturated rings. The van der Waals surface area contributed by atoms with E-state index in [-0.39, 0.29) is 12.0 Å². The van der Waals surface area contributed by atoms with Crippen molar-refractivity contribution in [2.75, 3.05) is 0 Å². The van der Waals surface area contributed by atoms with Gasteiger partial charge in [-0.25, -0.2) is 4.79 Å². The van der Waals surface area contributed by atoms with Crippen LogP contribution in [0.3, 0.4) is 0 Å². The van der Waals surface area contributed by atoms with Gasteiger partial charge in [0.25, 0.3) is 5.91 Å². The van der Waals surface area contributed by atoms with Gasteiger partial charge in [-0.05, 0) is 18.2 Å². The number of carboxylic acids is 1. The normalized spacial score (nSPS) is 13.8. The van der Waals surface area contributed by atoms with Crippen molar-refractivity contribution in [2.45, 2.75) is 25.6 Å². The highest BCUT2D eigenvalue weighted by atomic mass is 19.4. The highest BCUT2D eigenvalue weighted by Gasteiger charge is 2.32. The molecule has 22 heavy (non-hydrogen) atoms. The molecule has 0 aliphatic carbocycles. The molecule has 1 rings (SSSR count). The number of hydrogen-bond donors (Lipinski definition) is 2. The lowest BCUT2D eigenvalue weighted by molar-refractivity contribution is -0.140. The standard InChI is InChI=1S/C14H13F3N2O3/c1-8(5-6-18)11(13(21)22)19-12(20)9-3-2-4-10(7-9)14(15,16)17/h2-4,7-8,11H,5H2,1H3,(H,19,20)(H,21,22)/t8-,11-/m0/s1. The first kappa shape index (κ1) is 17.5. The number of amides is 1. The highest BCUT2D eigenvalue weighted by molar-refractivity contribution is 5.96. The minimum Gasteiger partial charge on any atom is -0.480 e. The van der Waals surface area contributed by atoms with E-state index in [0.717, 1.165) is 18.2 Å². The molecule has 0 radical (unpaired) electrons. The highest BCUT2D eigenvalue weighted by Crippen LogP contribution is 2.29. The van der Waals surface area contributed by atoms with Crippen LogP contribution in [0, 0.1) is 17.2 Å². The third-order valence-electron chi connectivity index (χ3n) is 2.99. The van der Waals surface area contributed by atoms with Crippen molar-refractivity contribution < 1.29 is 27.9 Å². The van der Waals surface area contributed by atoms with Gasteiger partial charge in [0.2, 0.25) is 0 Å². The quantitative estimate of drug-likeness (QED) is 0.873. The molecular formula is C14H13F3N2O3. The van der Waals surface area contributed by atoms with Crippen molar-refractivity contribution in [1.82, 2.24) is 5.32 Å². The average molecular weight is 314 g/mol. The van der Waals surface area contributed by atoms with Gasteiger partial charge in [-0.2, -0.15) is 18.4 Å². The molecule has 0 aromatic heterocycles. The van der Waals surface area contributed by atoms with Crippen LogP contribution in [-0.4, -0.2) is 23.0 Å². The Kier molecular flexibility index (Phi) is 5.51. The number of carbonyl (C=O) groups is 2. The molecule has 1 aromatic rings. The summed E-state index contributed by atoms with van der Waals surface area (Å²) < 4.78 is 37.8. The molecule has 0 aliphatic heterocycles. The second-order valence-electron chi connectivity index (χ2n) is 4.71. The Morgan fingerprint density at radius 3 is 2.55 bits per heavy atom. The number of halogens is 3. The Balaban J connectivity index is 2.96. The first-order chi connectivity index (χ1) is 10.2. The van der Waals surface area contributed by atoms with Gasteiger partial charge in [0.15, 0.2) is 0 Å². The van der Waals surface area contributed by atoms with Gasteiger partial charge in [-0.3, -0.25) is 4.79 Å². The van der Waals surface area contributed by atoms with Crippen LogP contribution in [-0.2, 0) is 11.0 Å². The summed E-state index contributed by atoms with van der Waals surface area (Å²) in [5.41, 5.74) is -1.30. The molecule has 1 amide bonds. The molecule has 0 unspecified atom stereocenters. The van der Waals surface area contributed by atoms with Gasteiger partial charge in [0.1, 0.15) is 6.04 Å². The van der Waals surface area contributed by atoms with Crippen molar-refractivity contribution in [3.63, 3.8) is 0 Å². The van der Waals surface area contributed by atoms with Crippen LogP contribution < -0.4 is 5.32 Å². The Labute approximate surface area is 124 Å². The molecule has 0 heterocycles. The van der Waals surface area contributed by atoms with E-state index >= 15 is 0 Å². The zero-order valence-corrected chi connectivity index (χ0v) is 11.5. The third kappa shape index (κ3) is 4.48. The summed E-state index contributed by atoms with van der Waals surface area (Å²) in [5.74, 6) is -2.98. The molecule has 8 heteroatoms. The fourth-order valence-corrected chi connectivity index (χ4v) is 1.77. The van der Waals surface area contributed by atoms with Crippen molar-refractivity contribution in [3.05, 3.63) is 35.4 Å². The fourth-order valence-electron chi connectivity index (χ4n) is 1.77. The van der Waals surface area contributed by atoms with Crippen LogP contribution in [0.15, 0.2) is 24.3 Å². The molecule has 0 saturated heterocycles. The lowest BCUT2D eigenvalue weighted by atomic mass is 9.98. The summed E-state index contributed by atoms with van der Waals surface area (Å²) in [7, 11) is 0. The number of carbonyl (C=O) groups excluding carboxylic acids is 1. The predicted octanol–water partition coefficient (Wildman–Crippen LogP) is 2.44. The molecule has 0 spiro atoms. The molecule has 2 atom stereocenters. The summed E-state index contributed by atoms with van der Waals surface area (Å²) in [6, 6.07) is 4.09. The smallest absolute Gasteiger partial charge is 0.416 e. The average Bonchev–Trinajstić information content (AvgIpc) is 2.43. The Bertz CT molecular complexity index is 608. The van der Waals surface area contributed by atoms with Crippen molar-refractivity contribution >= 4 is 11.9 Å². The van der Waals surface area contributed by atoms with Gasteiger partial charge >= 0.3 is 12.1 Å². The molecule has 0 bridgehead atoms. The van der Waals surface area contributed by atoms with E-state index in [1.54, 1.807) is 6.07 Å². The van der Waals surface area contributed by atoms with Crippen LogP contribution in [0.2, 0.25) is 0 Å². The maximum atomic E-state index is 12.6. The van der Waals surface area contributed by atoms with E-state index in [1.165, 1.54) is 6.92 Å². The third-order valence-corrected chi connectivity index (χ3v) is 2.99. The molecule has 5 nitrogen and oxygen atoms in total. The second-order valence-corrected chi connectivity index (χ2v) is 4.71. The first-order valence-electron chi connectivity index (χ1n) is 6.24. The Hall–Kier alpha value is -2.56. The van der Waals surface area contributed by atoms with E-state index in [4.69, 9.17) is 10.4 Å². The molecule has 2 N–H and O–H groups in total. The number of hydrogen-bond acceptors (Lipinski definition) is 3. The van der Waals surface area contributed by atoms with Crippen LogP contribution in [0.1, 0.15) is 29.3 Å². The van der Waals surface area contributed by atoms with Gasteiger partial charge in [-0.15, -0.1) is 0 Å². The van der Waals surface area contributed by atoms with Crippen molar-refractivity contribution in [1.29, 1.82) is 5.26 Å². The zero-order chi connectivity index (χ0) is 16.9. The maximum absolute atomic E-state index is 12.6. The minimum absolute atomic E-state index is 0.111.